The van der Waals surface area contributed by atoms with Gasteiger partial charge in [0.2, 0.25) is 5.91 Å². The quantitative estimate of drug-likeness (QED) is 0.0392. The van der Waals surface area contributed by atoms with E-state index >= 15 is 0 Å². The van der Waals surface area contributed by atoms with Gasteiger partial charge >= 0.3 is 0 Å². The number of unbranched alkanes of at least 4 members (excludes halogenated alkanes) is 7. The van der Waals surface area contributed by atoms with Crippen LogP contribution >= 0.6 is 0 Å². The van der Waals surface area contributed by atoms with Crippen LogP contribution in [0, 0.1) is 10.1 Å². The fourth-order valence-electron chi connectivity index (χ4n) is 4.51. The highest BCUT2D eigenvalue weighted by atomic mass is 16.6. The van der Waals surface area contributed by atoms with E-state index in [-0.39, 0.29) is 35.9 Å². The summed E-state index contributed by atoms with van der Waals surface area (Å²) in [6.45, 7) is 0.384. The average molecular weight is 553 g/mol. The van der Waals surface area contributed by atoms with Gasteiger partial charge in [0.1, 0.15) is 30.1 Å². The van der Waals surface area contributed by atoms with Gasteiger partial charge in [0, 0.05) is 36.2 Å². The highest BCUT2D eigenvalue weighted by Crippen LogP contribution is 2.29. The first-order valence-electron chi connectivity index (χ1n) is 13.4. The molecule has 1 saturated heterocycles. The number of rotatable bonds is 18. The Morgan fingerprint density at radius 3 is 2.28 bits per heavy atom. The summed E-state index contributed by atoms with van der Waals surface area (Å²) in [5, 5.41) is 59.3. The molecule has 14 heteroatoms. The molecule has 0 bridgehead atoms. The minimum atomic E-state index is -1.32. The van der Waals surface area contributed by atoms with Gasteiger partial charge < -0.3 is 35.8 Å². The number of nitro benzene ring substituents is 1. The van der Waals surface area contributed by atoms with Gasteiger partial charge in [-0.15, -0.1) is 0 Å². The molecule has 1 aromatic rings. The lowest BCUT2D eigenvalue weighted by Gasteiger charge is -2.40. The summed E-state index contributed by atoms with van der Waals surface area (Å²) in [6.07, 6.45) is 3.34. The molecule has 14 nitrogen and oxygen atoms in total. The van der Waals surface area contributed by atoms with Gasteiger partial charge in [0.05, 0.1) is 17.6 Å². The Labute approximate surface area is 227 Å². The normalized spacial score (nSPS) is 22.6. The van der Waals surface area contributed by atoms with E-state index in [1.165, 1.54) is 18.2 Å². The maximum absolute atomic E-state index is 12.0. The standard InChI is InChI=1S/C25H40N6O8/c26-30-29-17-10-11-18(19(15-17)31(37)38)27-14-12-22(33)28-13-8-6-4-2-1-3-5-7-9-20-23(34)25(36)24(35)21(16-32)39-20/h10-11,15,20-21,23-25,27,32,34-36H,1-9,12-14,16H2,(H,28,33)/t20-,21+,23-,24+,25+/m0/s1. The first-order chi connectivity index (χ1) is 18.8. The Balaban J connectivity index is 1.47. The molecular weight excluding hydrogens is 512 g/mol. The van der Waals surface area contributed by atoms with Crippen molar-refractivity contribution in [2.45, 2.75) is 94.7 Å². The van der Waals surface area contributed by atoms with Gasteiger partial charge in [-0.05, 0) is 24.4 Å². The van der Waals surface area contributed by atoms with Gasteiger partial charge in [-0.25, -0.2) is 0 Å². The van der Waals surface area contributed by atoms with E-state index in [1.807, 2.05) is 0 Å². The van der Waals surface area contributed by atoms with Crippen LogP contribution in [0.4, 0.5) is 17.1 Å². The molecule has 1 fully saturated rings. The predicted molar refractivity (Wildman–Crippen MR) is 143 cm³/mol. The van der Waals surface area contributed by atoms with E-state index in [0.717, 1.165) is 51.4 Å². The van der Waals surface area contributed by atoms with Crippen molar-refractivity contribution in [1.82, 2.24) is 5.32 Å². The molecule has 1 amide bonds. The number of hydrogen-bond acceptors (Lipinski definition) is 10. The van der Waals surface area contributed by atoms with E-state index in [1.54, 1.807) is 0 Å². The van der Waals surface area contributed by atoms with E-state index in [2.05, 4.69) is 20.7 Å². The number of azide groups is 1. The van der Waals surface area contributed by atoms with E-state index < -0.39 is 42.1 Å². The van der Waals surface area contributed by atoms with Crippen LogP contribution in [0.5, 0.6) is 0 Å². The van der Waals surface area contributed by atoms with Gasteiger partial charge in [0.15, 0.2) is 0 Å². The second-order valence-electron chi connectivity index (χ2n) is 9.66. The number of amides is 1. The zero-order chi connectivity index (χ0) is 28.6. The van der Waals surface area contributed by atoms with E-state index in [9.17, 15) is 35.3 Å². The van der Waals surface area contributed by atoms with Crippen molar-refractivity contribution in [3.05, 3.63) is 38.8 Å². The molecular formula is C25H40N6O8. The number of hydrogen-bond donors (Lipinski definition) is 6. The number of nitrogens with one attached hydrogen (secondary N) is 2. The first-order valence-corrected chi connectivity index (χ1v) is 13.4. The molecule has 218 valence electrons. The predicted octanol–water partition coefficient (Wildman–Crippen LogP) is 2.81. The Hall–Kier alpha value is -3.00. The monoisotopic (exact) mass is 552 g/mol. The smallest absolute Gasteiger partial charge is 0.292 e. The zero-order valence-corrected chi connectivity index (χ0v) is 22.0. The minimum absolute atomic E-state index is 0.138. The van der Waals surface area contributed by atoms with Crippen molar-refractivity contribution < 1.29 is 34.9 Å². The number of nitrogens with zero attached hydrogens (tertiary/aromatic N) is 4. The summed E-state index contributed by atoms with van der Waals surface area (Å²) < 4.78 is 5.52. The number of carbonyl (C=O) groups is 1. The highest BCUT2D eigenvalue weighted by molar-refractivity contribution is 5.76. The lowest BCUT2D eigenvalue weighted by molar-refractivity contribution is -0.383. The van der Waals surface area contributed by atoms with Crippen molar-refractivity contribution in [2.75, 3.05) is 25.0 Å². The Morgan fingerprint density at radius 1 is 1.00 bits per heavy atom. The Kier molecular flexibility index (Phi) is 14.5. The SMILES string of the molecule is [N-]=[N+]=Nc1ccc(NCCC(=O)NCCCCCCCCCC[C@@H]2O[C@H](CO)[C@@H](O)[C@H](O)[C@H]2O)c([N+](=O)[O-])c1. The van der Waals surface area contributed by atoms with Crippen LogP contribution in [0.3, 0.4) is 0 Å². The number of aliphatic hydroxyl groups is 4. The van der Waals surface area contributed by atoms with Gasteiger partial charge in [-0.1, -0.05) is 56.1 Å². The fourth-order valence-corrected chi connectivity index (χ4v) is 4.51. The molecule has 1 aliphatic heterocycles. The van der Waals surface area contributed by atoms with Gasteiger partial charge in [-0.2, -0.15) is 0 Å². The van der Waals surface area contributed by atoms with Gasteiger partial charge in [-0.3, -0.25) is 14.9 Å². The molecule has 39 heavy (non-hydrogen) atoms. The summed E-state index contributed by atoms with van der Waals surface area (Å²) in [5.41, 5.74) is 8.62. The number of nitro groups is 1. The Bertz CT molecular complexity index is 958. The lowest BCUT2D eigenvalue weighted by Crippen LogP contribution is -2.58. The maximum atomic E-state index is 12.0. The summed E-state index contributed by atoms with van der Waals surface area (Å²) in [4.78, 5) is 25.3. The third-order valence-corrected chi connectivity index (χ3v) is 6.73. The van der Waals surface area contributed by atoms with Crippen molar-refractivity contribution in [3.63, 3.8) is 0 Å². The van der Waals surface area contributed by atoms with Crippen LogP contribution in [0.2, 0.25) is 0 Å². The van der Waals surface area contributed by atoms with E-state index in [4.69, 9.17) is 10.3 Å². The molecule has 5 atom stereocenters. The second kappa shape index (κ2) is 17.6. The molecule has 2 rings (SSSR count). The lowest BCUT2D eigenvalue weighted by atomic mass is 9.92. The minimum Gasteiger partial charge on any atom is -0.394 e. The molecule has 0 aliphatic carbocycles. The number of carbonyl (C=O) groups excluding carboxylic acids is 1. The maximum Gasteiger partial charge on any atom is 0.292 e. The van der Waals surface area contributed by atoms with Crippen LogP contribution in [0.1, 0.15) is 64.2 Å². The second-order valence-corrected chi connectivity index (χ2v) is 9.66. The highest BCUT2D eigenvalue weighted by Gasteiger charge is 2.42. The Morgan fingerprint density at radius 2 is 1.64 bits per heavy atom. The third kappa shape index (κ3) is 10.9. The summed E-state index contributed by atoms with van der Waals surface area (Å²) in [5.74, 6) is -0.143. The van der Waals surface area contributed by atoms with E-state index in [0.29, 0.717) is 13.0 Å². The third-order valence-electron chi connectivity index (χ3n) is 6.73. The molecule has 0 radical (unpaired) electrons. The van der Waals surface area contributed by atoms with Gasteiger partial charge in [0.25, 0.3) is 5.69 Å². The van der Waals surface area contributed by atoms with Crippen molar-refractivity contribution in [2.24, 2.45) is 5.11 Å². The van der Waals surface area contributed by atoms with Crippen LogP contribution in [0.25, 0.3) is 10.4 Å². The fraction of sp³-hybridized carbons (Fsp3) is 0.720. The van der Waals surface area contributed by atoms with Crippen LogP contribution in [0.15, 0.2) is 23.3 Å². The molecule has 6 N–H and O–H groups in total. The molecule has 0 saturated carbocycles. The van der Waals surface area contributed by atoms with Crippen LogP contribution < -0.4 is 10.6 Å². The molecule has 0 aromatic heterocycles. The number of anilines is 1. The van der Waals surface area contributed by atoms with Crippen LogP contribution in [-0.4, -0.2) is 81.5 Å². The number of aliphatic hydroxyl groups excluding tert-OH is 4. The molecule has 0 spiro atoms. The largest absolute Gasteiger partial charge is 0.394 e. The number of ether oxygens (including phenoxy) is 1. The molecule has 1 aromatic carbocycles. The summed E-state index contributed by atoms with van der Waals surface area (Å²) in [7, 11) is 0. The van der Waals surface area contributed by atoms with Crippen molar-refractivity contribution in [3.8, 4) is 0 Å². The molecule has 1 aliphatic rings. The average Bonchev–Trinajstić information content (AvgIpc) is 2.92. The molecule has 1 heterocycles. The van der Waals surface area contributed by atoms with Crippen molar-refractivity contribution in [1.29, 1.82) is 0 Å². The zero-order valence-electron chi connectivity index (χ0n) is 22.0. The topological polar surface area (TPSA) is 223 Å². The first kappa shape index (κ1) is 32.2. The molecule has 0 unspecified atom stereocenters. The summed E-state index contributed by atoms with van der Waals surface area (Å²) >= 11 is 0. The number of benzene rings is 1. The van der Waals surface area contributed by atoms with Crippen LogP contribution in [-0.2, 0) is 9.53 Å². The van der Waals surface area contributed by atoms with Crippen molar-refractivity contribution >= 4 is 23.0 Å². The summed E-state index contributed by atoms with van der Waals surface area (Å²) in [6, 6.07) is 4.08.